The van der Waals surface area contributed by atoms with E-state index in [1.807, 2.05) is 61.5 Å². The molecule has 1 heterocycles. The van der Waals surface area contributed by atoms with Gasteiger partial charge in [-0.25, -0.2) is 0 Å². The van der Waals surface area contributed by atoms with E-state index in [0.717, 1.165) is 27.8 Å². The van der Waals surface area contributed by atoms with Crippen molar-refractivity contribution in [1.29, 1.82) is 0 Å². The molecule has 3 aromatic rings. The van der Waals surface area contributed by atoms with Gasteiger partial charge in [0.2, 0.25) is 0 Å². The molecule has 0 saturated carbocycles. The highest BCUT2D eigenvalue weighted by molar-refractivity contribution is 5.96. The highest BCUT2D eigenvalue weighted by Gasteiger charge is 2.06. The second-order valence-electron chi connectivity index (χ2n) is 5.30. The number of aryl methyl sites for hydroxylation is 1. The van der Waals surface area contributed by atoms with Crippen LogP contribution in [0.3, 0.4) is 0 Å². The van der Waals surface area contributed by atoms with Crippen LogP contribution in [0.15, 0.2) is 60.7 Å². The molecule has 2 aromatic carbocycles. The highest BCUT2D eigenvalue weighted by Crippen LogP contribution is 2.21. The van der Waals surface area contributed by atoms with E-state index in [4.69, 9.17) is 0 Å². The lowest BCUT2D eigenvalue weighted by atomic mass is 10.1. The Labute approximate surface area is 130 Å². The second-order valence-corrected chi connectivity index (χ2v) is 5.30. The van der Waals surface area contributed by atoms with Crippen LogP contribution in [0.4, 0.5) is 5.69 Å². The van der Waals surface area contributed by atoms with Crippen molar-refractivity contribution < 1.29 is 4.79 Å². The third kappa shape index (κ3) is 3.14. The van der Waals surface area contributed by atoms with Crippen LogP contribution < -0.4 is 5.32 Å². The Bertz CT molecular complexity index is 797. The van der Waals surface area contributed by atoms with Crippen molar-refractivity contribution in [1.82, 2.24) is 4.98 Å². The summed E-state index contributed by atoms with van der Waals surface area (Å²) in [6.07, 6.45) is 0.465. The molecule has 0 radical (unpaired) electrons. The fraction of sp³-hybridized carbons (Fsp3) is 0.158. The first-order valence-corrected chi connectivity index (χ1v) is 7.42. The topological polar surface area (TPSA) is 42.0 Å². The minimum Gasteiger partial charge on any atom is -0.383 e. The third-order valence-corrected chi connectivity index (χ3v) is 3.62. The Morgan fingerprint density at radius 1 is 1.00 bits per heavy atom. The maximum Gasteiger partial charge on any atom is 0.164 e. The first-order valence-electron chi connectivity index (χ1n) is 7.42. The van der Waals surface area contributed by atoms with E-state index >= 15 is 0 Å². The van der Waals surface area contributed by atoms with Gasteiger partial charge < -0.3 is 5.32 Å². The Hall–Kier alpha value is -2.68. The molecular formula is C19H18N2O. The molecule has 0 aliphatic rings. The van der Waals surface area contributed by atoms with Gasteiger partial charge in [-0.2, -0.15) is 0 Å². The molecule has 0 aliphatic heterocycles. The number of nitrogens with zero attached hydrogens (tertiary/aromatic N) is 1. The van der Waals surface area contributed by atoms with E-state index < -0.39 is 0 Å². The van der Waals surface area contributed by atoms with E-state index in [9.17, 15) is 4.79 Å². The van der Waals surface area contributed by atoms with Crippen LogP contribution in [0.2, 0.25) is 0 Å². The quantitative estimate of drug-likeness (QED) is 0.715. The number of pyridine rings is 1. The van der Waals surface area contributed by atoms with Crippen LogP contribution in [-0.4, -0.2) is 17.3 Å². The lowest BCUT2D eigenvalue weighted by molar-refractivity contribution is 0.0986. The molecule has 0 atom stereocenters. The minimum absolute atomic E-state index is 0.150. The second kappa shape index (κ2) is 6.39. The summed E-state index contributed by atoms with van der Waals surface area (Å²) < 4.78 is 0. The highest BCUT2D eigenvalue weighted by atomic mass is 16.1. The number of nitrogens with one attached hydrogen (secondary N) is 1. The van der Waals surface area contributed by atoms with E-state index in [0.29, 0.717) is 13.0 Å². The number of aromatic nitrogens is 1. The Morgan fingerprint density at radius 3 is 2.64 bits per heavy atom. The van der Waals surface area contributed by atoms with Crippen LogP contribution in [-0.2, 0) is 0 Å². The predicted molar refractivity (Wildman–Crippen MR) is 90.4 cm³/mol. The Balaban J connectivity index is 1.69. The number of benzene rings is 2. The zero-order chi connectivity index (χ0) is 15.4. The van der Waals surface area contributed by atoms with E-state index in [1.54, 1.807) is 0 Å². The van der Waals surface area contributed by atoms with Gasteiger partial charge in [0.05, 0.1) is 11.2 Å². The van der Waals surface area contributed by atoms with Gasteiger partial charge >= 0.3 is 0 Å². The number of fused-ring (bicyclic) bond motifs is 1. The average molecular weight is 290 g/mol. The number of para-hydroxylation sites is 1. The third-order valence-electron chi connectivity index (χ3n) is 3.62. The molecule has 1 N–H and O–H groups in total. The van der Waals surface area contributed by atoms with E-state index in [2.05, 4.69) is 16.4 Å². The number of anilines is 1. The molecular weight excluding hydrogens is 272 g/mol. The smallest absolute Gasteiger partial charge is 0.164 e. The molecule has 0 unspecified atom stereocenters. The summed E-state index contributed by atoms with van der Waals surface area (Å²) in [6.45, 7) is 2.58. The van der Waals surface area contributed by atoms with Crippen molar-refractivity contribution in [3.05, 3.63) is 71.9 Å². The molecule has 3 nitrogen and oxygen atoms in total. The minimum atomic E-state index is 0.150. The molecule has 110 valence electrons. The van der Waals surface area contributed by atoms with Crippen LogP contribution in [0.1, 0.15) is 22.5 Å². The van der Waals surface area contributed by atoms with Crippen molar-refractivity contribution in [2.75, 3.05) is 11.9 Å². The molecule has 0 spiro atoms. The molecule has 3 rings (SSSR count). The number of ketones is 1. The van der Waals surface area contributed by atoms with Crippen LogP contribution >= 0.6 is 0 Å². The monoisotopic (exact) mass is 290 g/mol. The average Bonchev–Trinajstić information content (AvgIpc) is 2.56. The molecule has 0 bridgehead atoms. The van der Waals surface area contributed by atoms with Crippen LogP contribution in [0.5, 0.6) is 0 Å². The summed E-state index contributed by atoms with van der Waals surface area (Å²) in [7, 11) is 0. The fourth-order valence-corrected chi connectivity index (χ4v) is 2.47. The summed E-state index contributed by atoms with van der Waals surface area (Å²) in [6, 6.07) is 19.5. The molecule has 22 heavy (non-hydrogen) atoms. The maximum absolute atomic E-state index is 12.1. The van der Waals surface area contributed by atoms with Gasteiger partial charge in [-0.15, -0.1) is 0 Å². The molecule has 3 heteroatoms. The Morgan fingerprint density at radius 2 is 1.82 bits per heavy atom. The maximum atomic E-state index is 12.1. The summed E-state index contributed by atoms with van der Waals surface area (Å²) in [4.78, 5) is 16.7. The normalized spacial score (nSPS) is 10.6. The standard InChI is InChI=1S/C19H18N2O/c1-14-10-11-16-8-5-9-17(19(16)21-14)20-13-12-18(22)15-6-3-2-4-7-15/h2-11,20H,12-13H2,1H3. The summed E-state index contributed by atoms with van der Waals surface area (Å²) in [5.74, 6) is 0.150. The molecule has 0 saturated heterocycles. The first kappa shape index (κ1) is 14.3. The van der Waals surface area contributed by atoms with Crippen molar-refractivity contribution in [3.63, 3.8) is 0 Å². The predicted octanol–water partition coefficient (Wildman–Crippen LogP) is 4.23. The first-order chi connectivity index (χ1) is 10.7. The van der Waals surface area contributed by atoms with Crippen molar-refractivity contribution in [2.45, 2.75) is 13.3 Å². The van der Waals surface area contributed by atoms with Gasteiger partial charge in [-0.3, -0.25) is 9.78 Å². The number of rotatable bonds is 5. The van der Waals surface area contributed by atoms with Gasteiger partial charge in [0.1, 0.15) is 0 Å². The van der Waals surface area contributed by atoms with Gasteiger partial charge in [0.15, 0.2) is 5.78 Å². The summed E-state index contributed by atoms with van der Waals surface area (Å²) in [5.41, 5.74) is 3.68. The van der Waals surface area contributed by atoms with Gasteiger partial charge in [0.25, 0.3) is 0 Å². The van der Waals surface area contributed by atoms with Crippen molar-refractivity contribution in [2.24, 2.45) is 0 Å². The zero-order valence-electron chi connectivity index (χ0n) is 12.5. The summed E-state index contributed by atoms with van der Waals surface area (Å²) >= 11 is 0. The van der Waals surface area contributed by atoms with E-state index in [1.165, 1.54) is 0 Å². The fourth-order valence-electron chi connectivity index (χ4n) is 2.47. The number of Topliss-reactive ketones (excluding diaryl/α,β-unsaturated/α-hetero) is 1. The molecule has 1 aromatic heterocycles. The molecule has 0 fully saturated rings. The largest absolute Gasteiger partial charge is 0.383 e. The summed E-state index contributed by atoms with van der Waals surface area (Å²) in [5, 5.41) is 4.43. The van der Waals surface area contributed by atoms with E-state index in [-0.39, 0.29) is 5.78 Å². The van der Waals surface area contributed by atoms with Crippen molar-refractivity contribution in [3.8, 4) is 0 Å². The lowest BCUT2D eigenvalue weighted by Gasteiger charge is -2.09. The number of hydrogen-bond donors (Lipinski definition) is 1. The molecule has 0 amide bonds. The molecule has 0 aliphatic carbocycles. The van der Waals surface area contributed by atoms with Crippen LogP contribution in [0, 0.1) is 6.92 Å². The van der Waals surface area contributed by atoms with Gasteiger partial charge in [-0.05, 0) is 19.1 Å². The van der Waals surface area contributed by atoms with Gasteiger partial charge in [-0.1, -0.05) is 48.5 Å². The number of carbonyl (C=O) groups excluding carboxylic acids is 1. The number of carbonyl (C=O) groups is 1. The lowest BCUT2D eigenvalue weighted by Crippen LogP contribution is -2.09. The van der Waals surface area contributed by atoms with Crippen molar-refractivity contribution >= 4 is 22.4 Å². The SMILES string of the molecule is Cc1ccc2cccc(NCCC(=O)c3ccccc3)c2n1. The van der Waals surface area contributed by atoms with Gasteiger partial charge in [0, 0.05) is 29.6 Å². The van der Waals surface area contributed by atoms with Crippen LogP contribution in [0.25, 0.3) is 10.9 Å². The number of hydrogen-bond acceptors (Lipinski definition) is 3. The Kier molecular flexibility index (Phi) is 4.15. The zero-order valence-corrected chi connectivity index (χ0v) is 12.5.